The average molecular weight is 1530 g/mol. The van der Waals surface area contributed by atoms with Gasteiger partial charge in [-0.25, -0.2) is 9.97 Å². The summed E-state index contributed by atoms with van der Waals surface area (Å²) in [4.78, 5) is 9.63. The number of hydrogen-bond acceptors (Lipinski definition) is 2. The molecule has 0 N–H and O–H groups in total. The molecule has 0 saturated heterocycles. The predicted octanol–water partition coefficient (Wildman–Crippen LogP) is 29.9. The quantitative estimate of drug-likeness (QED) is 0.167. The first-order chi connectivity index (χ1) is 59.6. The summed E-state index contributed by atoms with van der Waals surface area (Å²) in [5.41, 5.74) is 42.7. The van der Waals surface area contributed by atoms with Crippen molar-refractivity contribution in [2.75, 3.05) is 0 Å². The number of aromatic nitrogens is 6. The predicted molar refractivity (Wildman–Crippen MR) is 499 cm³/mol. The fraction of sp³-hybridized carbons (Fsp3) is 0. The van der Waals surface area contributed by atoms with E-state index in [9.17, 15) is 0 Å². The molecular weight excluding hydrogens is 1450 g/mol. The first-order valence-electron chi connectivity index (χ1n) is 41.1. The Morgan fingerprint density at radius 3 is 0.775 bits per heavy atom. The molecule has 0 fully saturated rings. The van der Waals surface area contributed by atoms with Gasteiger partial charge in [0.25, 0.3) is 0 Å². The van der Waals surface area contributed by atoms with Crippen molar-refractivity contribution >= 4 is 43.6 Å². The Hall–Kier alpha value is -16.0. The summed E-state index contributed by atoms with van der Waals surface area (Å²) >= 11 is 0. The van der Waals surface area contributed by atoms with Crippen LogP contribution in [-0.2, 0) is 0 Å². The molecule has 0 spiro atoms. The highest BCUT2D eigenvalue weighted by molar-refractivity contribution is 6.18. The van der Waals surface area contributed by atoms with E-state index in [0.717, 1.165) is 22.9 Å². The van der Waals surface area contributed by atoms with Crippen LogP contribution in [-0.4, -0.2) is 28.2 Å². The molecule has 0 amide bonds. The highest BCUT2D eigenvalue weighted by atomic mass is 15.1. The van der Waals surface area contributed by atoms with Crippen LogP contribution in [0.2, 0.25) is 0 Å². The molecule has 16 aromatic carbocycles. The van der Waals surface area contributed by atoms with Gasteiger partial charge in [0.2, 0.25) is 0 Å². The zero-order chi connectivity index (χ0) is 79.1. The minimum absolute atomic E-state index is 0.927. The third-order valence-electron chi connectivity index (χ3n) is 24.4. The molecule has 26 rings (SSSR count). The molecule has 6 aromatic heterocycles. The standard InChI is InChI=1S/C32H21N.C31H20N2.C26H17N.C25H16N2/c1-2-10-22(11-3-1)23-12-8-13-24(20-23)33-21-30-28-17-7-5-15-26(28)25-14-4-6-16-27(25)29-18-9-19-31(33)32(29)30;1-2-10-21(11-3-1)28-17-9-19-30(32-28)33-20-27-25-15-7-5-13-23(25)22-12-4-6-14-24(22)26-16-8-18-29(33)31(26)27;1-2-9-18(10-3-1)27-17-24-22-14-7-5-12-20(22)19-11-4-6-13-21(19)23-15-8-16-25(27)26(23)24;1-3-10-19-17(8-1)18-9-2-4-11-20(18)22-16-27(24-14-5-6-15-26-24)23-13-7-12-21(19)25(22)23/h1-21H;1-20H;1-17H;1-16H. The molecule has 0 aliphatic heterocycles. The lowest BCUT2D eigenvalue weighted by Crippen LogP contribution is -1.97. The van der Waals surface area contributed by atoms with E-state index in [2.05, 4.69) is 448 Å². The third kappa shape index (κ3) is 11.6. The van der Waals surface area contributed by atoms with Gasteiger partial charge in [-0.3, -0.25) is 0 Å². The van der Waals surface area contributed by atoms with Gasteiger partial charge in [-0.05, 0) is 195 Å². The van der Waals surface area contributed by atoms with Gasteiger partial charge in [0, 0.05) is 91.7 Å². The molecule has 4 aliphatic carbocycles. The van der Waals surface area contributed by atoms with Gasteiger partial charge in [-0.1, -0.05) is 346 Å². The molecule has 4 aliphatic rings. The summed E-state index contributed by atoms with van der Waals surface area (Å²) in [6, 6.07) is 149. The number of benzene rings is 16. The number of nitrogens with zero attached hydrogens (tertiary/aromatic N) is 6. The van der Waals surface area contributed by atoms with Crippen LogP contribution in [0.1, 0.15) is 0 Å². The molecule has 6 nitrogen and oxygen atoms in total. The second-order valence-electron chi connectivity index (χ2n) is 31.0. The van der Waals surface area contributed by atoms with Crippen molar-refractivity contribution in [1.82, 2.24) is 28.2 Å². The van der Waals surface area contributed by atoms with E-state index in [1.54, 1.807) is 0 Å². The van der Waals surface area contributed by atoms with Gasteiger partial charge in [-0.15, -0.1) is 0 Å². The van der Waals surface area contributed by atoms with Gasteiger partial charge < -0.3 is 18.3 Å². The number of rotatable bonds is 6. The first-order valence-corrected chi connectivity index (χ1v) is 41.1. The van der Waals surface area contributed by atoms with Crippen LogP contribution in [0.15, 0.2) is 450 Å². The van der Waals surface area contributed by atoms with Gasteiger partial charge in [0.1, 0.15) is 11.6 Å². The topological polar surface area (TPSA) is 45.5 Å². The Labute approximate surface area is 695 Å². The van der Waals surface area contributed by atoms with Crippen LogP contribution in [0.4, 0.5) is 0 Å². The van der Waals surface area contributed by atoms with E-state index in [-0.39, 0.29) is 0 Å². The summed E-state index contributed by atoms with van der Waals surface area (Å²) in [5, 5.41) is 5.22. The Bertz CT molecular complexity index is 7310. The summed E-state index contributed by atoms with van der Waals surface area (Å²) in [6.45, 7) is 0. The molecule has 6 heteroatoms. The zero-order valence-corrected chi connectivity index (χ0v) is 65.4. The van der Waals surface area contributed by atoms with Gasteiger partial charge >= 0.3 is 0 Å². The fourth-order valence-electron chi connectivity index (χ4n) is 19.2. The Balaban J connectivity index is 0.0000000938. The summed E-state index contributed by atoms with van der Waals surface area (Å²) in [7, 11) is 0. The minimum Gasteiger partial charge on any atom is -0.316 e. The van der Waals surface area contributed by atoms with Gasteiger partial charge in [-0.2, -0.15) is 0 Å². The third-order valence-corrected chi connectivity index (χ3v) is 24.4. The molecule has 22 aromatic rings. The van der Waals surface area contributed by atoms with Crippen LogP contribution in [0.5, 0.6) is 0 Å². The smallest absolute Gasteiger partial charge is 0.137 e. The monoisotopic (exact) mass is 1530 g/mol. The van der Waals surface area contributed by atoms with Crippen LogP contribution in [0.3, 0.4) is 0 Å². The van der Waals surface area contributed by atoms with Crippen molar-refractivity contribution < 1.29 is 0 Å². The normalized spacial score (nSPS) is 11.7. The maximum atomic E-state index is 5.05. The highest BCUT2D eigenvalue weighted by Gasteiger charge is 2.30. The van der Waals surface area contributed by atoms with E-state index in [0.29, 0.717) is 0 Å². The summed E-state index contributed by atoms with van der Waals surface area (Å²) in [6.07, 6.45) is 11.0. The second-order valence-corrected chi connectivity index (χ2v) is 31.0. The SMILES string of the molecule is c1ccc(-c2cccc(-n3cc4c5c(cccc53)-c3ccccc3-c3ccccc3-4)c2)cc1.c1ccc(-c2cccc(-n3cc4c5c(cccc53)-c3ccccc3-c3ccccc3-4)n2)cc1.c1ccc(-n2cc3c4c(cccc42)-c2ccccc2-c2ccccc2-3)cc1.c1ccc(-n2cc3c4c(cccc42)-c2ccccc2-c2ccccc2-3)nc1. The van der Waals surface area contributed by atoms with Crippen molar-refractivity contribution in [3.05, 3.63) is 450 Å². The van der Waals surface area contributed by atoms with Crippen LogP contribution >= 0.6 is 0 Å². The Kier molecular flexibility index (Phi) is 16.8. The van der Waals surface area contributed by atoms with E-state index in [1.165, 1.54) is 200 Å². The van der Waals surface area contributed by atoms with E-state index in [4.69, 9.17) is 4.98 Å². The van der Waals surface area contributed by atoms with Crippen molar-refractivity contribution in [3.63, 3.8) is 0 Å². The van der Waals surface area contributed by atoms with E-state index < -0.39 is 0 Å². The molecule has 0 atom stereocenters. The molecular formula is C114H74N6. The number of para-hydroxylation sites is 1. The molecule has 0 radical (unpaired) electrons. The molecule has 560 valence electrons. The summed E-state index contributed by atoms with van der Waals surface area (Å²) in [5.74, 6) is 1.87. The van der Waals surface area contributed by atoms with Crippen molar-refractivity contribution in [1.29, 1.82) is 0 Å². The molecule has 0 unspecified atom stereocenters. The number of fused-ring (bicyclic) bond motifs is 20. The van der Waals surface area contributed by atoms with Crippen molar-refractivity contribution in [2.24, 2.45) is 0 Å². The van der Waals surface area contributed by atoms with Gasteiger partial charge in [0.15, 0.2) is 0 Å². The van der Waals surface area contributed by atoms with Crippen LogP contribution in [0.25, 0.3) is 223 Å². The largest absolute Gasteiger partial charge is 0.316 e. The molecule has 0 saturated carbocycles. The van der Waals surface area contributed by atoms with Crippen molar-refractivity contribution in [2.45, 2.75) is 0 Å². The molecule has 0 bridgehead atoms. The zero-order valence-electron chi connectivity index (χ0n) is 65.4. The fourth-order valence-corrected chi connectivity index (χ4v) is 19.2. The van der Waals surface area contributed by atoms with Crippen molar-refractivity contribution in [3.8, 4) is 179 Å². The van der Waals surface area contributed by atoms with Crippen LogP contribution < -0.4 is 0 Å². The van der Waals surface area contributed by atoms with E-state index >= 15 is 0 Å². The lowest BCUT2D eigenvalue weighted by Gasteiger charge is -2.12. The first kappa shape index (κ1) is 69.5. The highest BCUT2D eigenvalue weighted by Crippen LogP contribution is 2.54. The van der Waals surface area contributed by atoms with Crippen LogP contribution in [0, 0.1) is 0 Å². The average Bonchev–Trinajstić information content (AvgIpc) is 1.59. The summed E-state index contributed by atoms with van der Waals surface area (Å²) < 4.78 is 9.12. The Morgan fingerprint density at radius 2 is 0.408 bits per heavy atom. The molecule has 120 heavy (non-hydrogen) atoms. The minimum atomic E-state index is 0.927. The van der Waals surface area contributed by atoms with E-state index in [1.807, 2.05) is 24.4 Å². The number of pyridine rings is 2. The van der Waals surface area contributed by atoms with Gasteiger partial charge in [0.05, 0.1) is 27.8 Å². The lowest BCUT2D eigenvalue weighted by molar-refractivity contribution is 1.04. The lowest BCUT2D eigenvalue weighted by atomic mass is 9.94. The Morgan fingerprint density at radius 1 is 0.158 bits per heavy atom. The maximum absolute atomic E-state index is 5.05. The second kappa shape index (κ2) is 29.1. The number of hydrogen-bond donors (Lipinski definition) is 0. The molecule has 6 heterocycles. The maximum Gasteiger partial charge on any atom is 0.137 e.